The van der Waals surface area contributed by atoms with Crippen LogP contribution < -0.4 is 5.32 Å². The zero-order valence-corrected chi connectivity index (χ0v) is 12.8. The molecule has 2 saturated carbocycles. The first-order valence-corrected chi connectivity index (χ1v) is 7.68. The summed E-state index contributed by atoms with van der Waals surface area (Å²) in [4.78, 5) is 0. The fourth-order valence-corrected chi connectivity index (χ4v) is 4.68. The van der Waals surface area contributed by atoms with E-state index in [0.717, 1.165) is 12.3 Å². The molecule has 0 spiro atoms. The lowest BCUT2D eigenvalue weighted by Crippen LogP contribution is -2.55. The third kappa shape index (κ3) is 2.22. The van der Waals surface area contributed by atoms with Gasteiger partial charge in [0, 0.05) is 18.7 Å². The van der Waals surface area contributed by atoms with E-state index in [0.29, 0.717) is 35.4 Å². The molecule has 0 aliphatic heterocycles. The number of nitrogens with one attached hydrogen (secondary N) is 1. The van der Waals surface area contributed by atoms with Crippen LogP contribution in [0.15, 0.2) is 0 Å². The molecular weight excluding hydrogens is 222 g/mol. The predicted octanol–water partition coefficient (Wildman–Crippen LogP) is 3.20. The minimum Gasteiger partial charge on any atom is -0.396 e. The van der Waals surface area contributed by atoms with E-state index in [4.69, 9.17) is 0 Å². The van der Waals surface area contributed by atoms with E-state index >= 15 is 0 Å². The van der Waals surface area contributed by atoms with Crippen molar-refractivity contribution in [2.75, 3.05) is 6.61 Å². The average molecular weight is 253 g/mol. The monoisotopic (exact) mass is 253 g/mol. The third-order valence-corrected chi connectivity index (χ3v) is 5.90. The third-order valence-electron chi connectivity index (χ3n) is 5.90. The van der Waals surface area contributed by atoms with Crippen LogP contribution in [0.1, 0.15) is 60.3 Å². The molecule has 0 amide bonds. The Labute approximate surface area is 113 Å². The molecule has 2 N–H and O–H groups in total. The Balaban J connectivity index is 2.12. The van der Waals surface area contributed by atoms with E-state index in [1.54, 1.807) is 0 Å². The Hall–Kier alpha value is -0.0800. The summed E-state index contributed by atoms with van der Waals surface area (Å²) in [6, 6.07) is 1.07. The van der Waals surface area contributed by atoms with Crippen molar-refractivity contribution in [1.82, 2.24) is 5.32 Å². The quantitative estimate of drug-likeness (QED) is 0.788. The van der Waals surface area contributed by atoms with Crippen LogP contribution in [0.4, 0.5) is 0 Å². The zero-order valence-electron chi connectivity index (χ0n) is 12.8. The van der Waals surface area contributed by atoms with Crippen LogP contribution in [0, 0.1) is 22.7 Å². The highest BCUT2D eigenvalue weighted by Crippen LogP contribution is 2.62. The van der Waals surface area contributed by atoms with Gasteiger partial charge in [-0.25, -0.2) is 0 Å². The second-order valence-electron chi connectivity index (χ2n) is 7.88. The number of aliphatic hydroxyl groups excluding tert-OH is 1. The van der Waals surface area contributed by atoms with Crippen LogP contribution in [0.5, 0.6) is 0 Å². The van der Waals surface area contributed by atoms with E-state index in [1.165, 1.54) is 19.3 Å². The minimum atomic E-state index is 0.295. The zero-order chi connectivity index (χ0) is 13.6. The van der Waals surface area contributed by atoms with Crippen molar-refractivity contribution in [3.05, 3.63) is 0 Å². The van der Waals surface area contributed by atoms with Gasteiger partial charge in [-0.05, 0) is 48.3 Å². The van der Waals surface area contributed by atoms with Crippen molar-refractivity contribution in [3.63, 3.8) is 0 Å². The SMILES string of the molecule is CC(C)C(CCO)NC1C(C)(C)[C@H]2CC[C@]1(C)C2. The molecule has 4 atom stereocenters. The fraction of sp³-hybridized carbons (Fsp3) is 1.00. The molecule has 2 nitrogen and oxygen atoms in total. The summed E-state index contributed by atoms with van der Waals surface area (Å²) in [7, 11) is 0. The van der Waals surface area contributed by atoms with E-state index in [-0.39, 0.29) is 0 Å². The maximum atomic E-state index is 9.25. The van der Waals surface area contributed by atoms with Gasteiger partial charge in [0.05, 0.1) is 0 Å². The Morgan fingerprint density at radius 2 is 1.94 bits per heavy atom. The second-order valence-corrected chi connectivity index (χ2v) is 7.88. The number of hydrogen-bond donors (Lipinski definition) is 2. The Morgan fingerprint density at radius 1 is 1.28 bits per heavy atom. The summed E-state index contributed by atoms with van der Waals surface area (Å²) in [5.41, 5.74) is 0.895. The van der Waals surface area contributed by atoms with Crippen molar-refractivity contribution < 1.29 is 5.11 Å². The Kier molecular flexibility index (Phi) is 3.81. The lowest BCUT2D eigenvalue weighted by Gasteiger charge is -2.45. The van der Waals surface area contributed by atoms with Gasteiger partial charge < -0.3 is 10.4 Å². The van der Waals surface area contributed by atoms with Gasteiger partial charge in [-0.15, -0.1) is 0 Å². The maximum absolute atomic E-state index is 9.25. The predicted molar refractivity (Wildman–Crippen MR) is 76.5 cm³/mol. The molecule has 0 radical (unpaired) electrons. The van der Waals surface area contributed by atoms with Gasteiger partial charge in [0.2, 0.25) is 0 Å². The fourth-order valence-electron chi connectivity index (χ4n) is 4.68. The number of rotatable bonds is 5. The van der Waals surface area contributed by atoms with Crippen molar-refractivity contribution in [2.24, 2.45) is 22.7 Å². The molecule has 2 aliphatic carbocycles. The molecule has 18 heavy (non-hydrogen) atoms. The molecule has 2 bridgehead atoms. The van der Waals surface area contributed by atoms with Crippen LogP contribution in [0.2, 0.25) is 0 Å². The van der Waals surface area contributed by atoms with Crippen LogP contribution in [-0.2, 0) is 0 Å². The lowest BCUT2D eigenvalue weighted by atomic mass is 9.68. The van der Waals surface area contributed by atoms with Crippen LogP contribution >= 0.6 is 0 Å². The number of hydrogen-bond acceptors (Lipinski definition) is 2. The van der Waals surface area contributed by atoms with Crippen molar-refractivity contribution >= 4 is 0 Å². The van der Waals surface area contributed by atoms with Crippen LogP contribution in [-0.4, -0.2) is 23.8 Å². The number of fused-ring (bicyclic) bond motifs is 2. The lowest BCUT2D eigenvalue weighted by molar-refractivity contribution is 0.0859. The minimum absolute atomic E-state index is 0.295. The van der Waals surface area contributed by atoms with Crippen molar-refractivity contribution in [2.45, 2.75) is 72.4 Å². The molecular formula is C16H31NO. The molecule has 2 unspecified atom stereocenters. The summed E-state index contributed by atoms with van der Waals surface area (Å²) in [5, 5.41) is 13.2. The highest BCUT2D eigenvalue weighted by molar-refractivity contribution is 5.12. The van der Waals surface area contributed by atoms with E-state index < -0.39 is 0 Å². The Morgan fingerprint density at radius 3 is 2.39 bits per heavy atom. The van der Waals surface area contributed by atoms with Crippen LogP contribution in [0.3, 0.4) is 0 Å². The van der Waals surface area contributed by atoms with Crippen molar-refractivity contribution in [3.8, 4) is 0 Å². The normalized spacial score (nSPS) is 39.5. The first-order chi connectivity index (χ1) is 8.31. The highest BCUT2D eigenvalue weighted by Gasteiger charge is 2.59. The van der Waals surface area contributed by atoms with Gasteiger partial charge >= 0.3 is 0 Å². The van der Waals surface area contributed by atoms with Gasteiger partial charge in [-0.2, -0.15) is 0 Å². The smallest absolute Gasteiger partial charge is 0.0445 e. The van der Waals surface area contributed by atoms with E-state index in [2.05, 4.69) is 39.9 Å². The summed E-state index contributed by atoms with van der Waals surface area (Å²) in [6.07, 6.45) is 5.06. The standard InChI is InChI=1S/C16H31NO/c1-11(2)13(7-9-18)17-14-15(3,4)12-6-8-16(14,5)10-12/h11-14,17-18H,6-10H2,1-5H3/t12-,13?,14?,16+/m0/s1. The molecule has 2 rings (SSSR count). The van der Waals surface area contributed by atoms with Gasteiger partial charge in [0.25, 0.3) is 0 Å². The summed E-state index contributed by atoms with van der Waals surface area (Å²) in [5.74, 6) is 1.48. The summed E-state index contributed by atoms with van der Waals surface area (Å²) < 4.78 is 0. The maximum Gasteiger partial charge on any atom is 0.0445 e. The van der Waals surface area contributed by atoms with Crippen molar-refractivity contribution in [1.29, 1.82) is 0 Å². The van der Waals surface area contributed by atoms with Gasteiger partial charge in [-0.1, -0.05) is 34.6 Å². The molecule has 2 aliphatic rings. The van der Waals surface area contributed by atoms with Gasteiger partial charge in [0.1, 0.15) is 0 Å². The summed E-state index contributed by atoms with van der Waals surface area (Å²) >= 11 is 0. The first kappa shape index (κ1) is 14.3. The molecule has 2 fully saturated rings. The van der Waals surface area contributed by atoms with Gasteiger partial charge in [0.15, 0.2) is 0 Å². The van der Waals surface area contributed by atoms with E-state index in [1.807, 2.05) is 0 Å². The highest BCUT2D eigenvalue weighted by atomic mass is 16.3. The molecule has 0 heterocycles. The Bertz CT molecular complexity index is 295. The summed E-state index contributed by atoms with van der Waals surface area (Å²) in [6.45, 7) is 12.2. The topological polar surface area (TPSA) is 32.3 Å². The number of aliphatic hydroxyl groups is 1. The molecule has 2 heteroatoms. The molecule has 0 aromatic carbocycles. The molecule has 106 valence electrons. The molecule has 0 aromatic heterocycles. The first-order valence-electron chi connectivity index (χ1n) is 7.68. The van der Waals surface area contributed by atoms with Gasteiger partial charge in [-0.3, -0.25) is 0 Å². The molecule has 0 aromatic rings. The largest absolute Gasteiger partial charge is 0.396 e. The van der Waals surface area contributed by atoms with E-state index in [9.17, 15) is 5.11 Å². The second kappa shape index (κ2) is 4.79. The van der Waals surface area contributed by atoms with Crippen LogP contribution in [0.25, 0.3) is 0 Å². The molecule has 0 saturated heterocycles. The average Bonchev–Trinajstić information content (AvgIpc) is 2.73.